The molecule has 0 amide bonds. The van der Waals surface area contributed by atoms with E-state index in [1.165, 1.54) is 6.21 Å². The maximum Gasteiger partial charge on any atom is 0.0713 e. The highest BCUT2D eigenvalue weighted by Crippen LogP contribution is 2.15. The minimum atomic E-state index is 0.861. The predicted octanol–water partition coefficient (Wildman–Crippen LogP) is 2.75. The van der Waals surface area contributed by atoms with Crippen molar-refractivity contribution < 1.29 is 0 Å². The van der Waals surface area contributed by atoms with Crippen LogP contribution in [0.25, 0.3) is 0 Å². The Hall–Kier alpha value is -1.09. The van der Waals surface area contributed by atoms with Crippen molar-refractivity contribution in [3.05, 3.63) is 29.8 Å². The molecule has 2 nitrogen and oxygen atoms in total. The van der Waals surface area contributed by atoms with Crippen LogP contribution < -0.4 is 0 Å². The first kappa shape index (κ1) is 9.99. The highest BCUT2D eigenvalue weighted by Gasteiger charge is 1.93. The second kappa shape index (κ2) is 5.54. The second-order valence-electron chi connectivity index (χ2n) is 2.47. The number of benzene rings is 1. The minimum absolute atomic E-state index is 0.861. The molecule has 0 bridgehead atoms. The van der Waals surface area contributed by atoms with E-state index >= 15 is 0 Å². The summed E-state index contributed by atoms with van der Waals surface area (Å²) in [7, 11) is 0. The average Bonchev–Trinajstić information content (AvgIpc) is 2.19. The second-order valence-corrected chi connectivity index (χ2v) is 3.38. The molecule has 0 spiro atoms. The Morgan fingerprint density at radius 3 is 2.92 bits per heavy atom. The van der Waals surface area contributed by atoms with E-state index in [0.29, 0.717) is 0 Å². The first-order valence-corrected chi connectivity index (χ1v) is 5.39. The molecule has 1 aromatic rings. The summed E-state index contributed by atoms with van der Waals surface area (Å²) in [6.07, 6.45) is 5.23. The number of rotatable bonds is 4. The van der Waals surface area contributed by atoms with Crippen LogP contribution in [0.4, 0.5) is 5.69 Å². The Morgan fingerprint density at radius 2 is 2.23 bits per heavy atom. The third-order valence-electron chi connectivity index (χ3n) is 1.56. The molecule has 0 saturated carbocycles. The van der Waals surface area contributed by atoms with Crippen LogP contribution in [0, 0.1) is 5.41 Å². The third-order valence-corrected chi connectivity index (χ3v) is 2.05. The monoisotopic (exact) mass is 192 g/mol. The molecule has 0 aromatic heterocycles. The highest BCUT2D eigenvalue weighted by atomic mass is 32.2. The van der Waals surface area contributed by atoms with Gasteiger partial charge in [-0.2, -0.15) is 11.8 Å². The normalized spacial score (nSPS) is 10.5. The molecule has 0 atom stereocenters. The molecule has 3 heteroatoms. The molecule has 0 saturated heterocycles. The molecule has 1 rings (SSSR count). The Morgan fingerprint density at radius 1 is 1.46 bits per heavy atom. The summed E-state index contributed by atoms with van der Waals surface area (Å²) in [5.74, 6) is 0.909. The Balaban J connectivity index is 2.80. The van der Waals surface area contributed by atoms with Crippen LogP contribution in [0.5, 0.6) is 0 Å². The molecule has 0 unspecified atom stereocenters. The fourth-order valence-corrected chi connectivity index (χ4v) is 1.16. The molecular weight excluding hydrogens is 180 g/mol. The smallest absolute Gasteiger partial charge is 0.0713 e. The van der Waals surface area contributed by atoms with Gasteiger partial charge in [-0.3, -0.25) is 4.99 Å². The van der Waals surface area contributed by atoms with Gasteiger partial charge in [0, 0.05) is 23.7 Å². The maximum atomic E-state index is 7.16. The summed E-state index contributed by atoms with van der Waals surface area (Å²) in [6, 6.07) is 7.64. The van der Waals surface area contributed by atoms with Crippen molar-refractivity contribution in [3.63, 3.8) is 0 Å². The van der Waals surface area contributed by atoms with Crippen molar-refractivity contribution >= 4 is 29.9 Å². The first-order valence-electron chi connectivity index (χ1n) is 3.99. The topological polar surface area (TPSA) is 36.2 Å². The van der Waals surface area contributed by atoms with Gasteiger partial charge in [0.1, 0.15) is 0 Å². The van der Waals surface area contributed by atoms with Crippen LogP contribution in [0.15, 0.2) is 29.3 Å². The molecule has 1 N–H and O–H groups in total. The summed E-state index contributed by atoms with van der Waals surface area (Å²) >= 11 is 1.73. The summed E-state index contributed by atoms with van der Waals surface area (Å²) < 4.78 is 0. The van der Waals surface area contributed by atoms with Gasteiger partial charge in [0.05, 0.1) is 5.69 Å². The third kappa shape index (κ3) is 3.03. The lowest BCUT2D eigenvalue weighted by atomic mass is 10.2. The number of aliphatic imine (C=N–C) groups is 1. The fraction of sp³-hybridized carbons (Fsp3) is 0.200. The molecule has 0 aliphatic carbocycles. The molecule has 13 heavy (non-hydrogen) atoms. The molecule has 1 aromatic carbocycles. The zero-order chi connectivity index (χ0) is 9.52. The van der Waals surface area contributed by atoms with Gasteiger partial charge >= 0.3 is 0 Å². The van der Waals surface area contributed by atoms with E-state index in [-0.39, 0.29) is 0 Å². The highest BCUT2D eigenvalue weighted by molar-refractivity contribution is 7.99. The Labute approximate surface area is 82.6 Å². The van der Waals surface area contributed by atoms with Gasteiger partial charge in [-0.25, -0.2) is 0 Å². The zero-order valence-electron chi connectivity index (χ0n) is 7.53. The lowest BCUT2D eigenvalue weighted by Crippen LogP contribution is -1.82. The van der Waals surface area contributed by atoms with Crippen LogP contribution in [0.2, 0.25) is 0 Å². The van der Waals surface area contributed by atoms with Crippen LogP contribution >= 0.6 is 11.8 Å². The van der Waals surface area contributed by atoms with Crippen molar-refractivity contribution in [1.29, 1.82) is 5.41 Å². The van der Waals surface area contributed by atoms with Crippen molar-refractivity contribution in [1.82, 2.24) is 0 Å². The maximum absolute atomic E-state index is 7.16. The molecule has 0 radical (unpaired) electrons. The fourth-order valence-electron chi connectivity index (χ4n) is 0.937. The predicted molar refractivity (Wildman–Crippen MR) is 60.9 cm³/mol. The van der Waals surface area contributed by atoms with Crippen molar-refractivity contribution in [2.75, 3.05) is 12.0 Å². The number of hydrogen-bond donors (Lipinski definition) is 1. The largest absolute Gasteiger partial charge is 0.308 e. The van der Waals surface area contributed by atoms with Gasteiger partial charge in [-0.15, -0.1) is 0 Å². The Bertz CT molecular complexity index is 308. The zero-order valence-corrected chi connectivity index (χ0v) is 8.34. The van der Waals surface area contributed by atoms with Gasteiger partial charge in [-0.05, 0) is 12.3 Å². The van der Waals surface area contributed by atoms with Gasteiger partial charge in [0.25, 0.3) is 0 Å². The van der Waals surface area contributed by atoms with E-state index in [2.05, 4.69) is 4.99 Å². The van der Waals surface area contributed by atoms with Gasteiger partial charge in [0.2, 0.25) is 0 Å². The van der Waals surface area contributed by atoms with E-state index in [1.54, 1.807) is 11.8 Å². The number of hydrogen-bond acceptors (Lipinski definition) is 3. The quantitative estimate of drug-likeness (QED) is 0.732. The average molecular weight is 192 g/mol. The van der Waals surface area contributed by atoms with E-state index < -0.39 is 0 Å². The van der Waals surface area contributed by atoms with E-state index in [0.717, 1.165) is 17.0 Å². The molecule has 0 heterocycles. The van der Waals surface area contributed by atoms with Gasteiger partial charge in [0.15, 0.2) is 0 Å². The summed E-state index contributed by atoms with van der Waals surface area (Å²) in [4.78, 5) is 4.27. The molecular formula is C10H12N2S. The van der Waals surface area contributed by atoms with Crippen LogP contribution in [-0.4, -0.2) is 24.4 Å². The summed E-state index contributed by atoms with van der Waals surface area (Å²) in [5.41, 5.74) is 1.73. The summed E-state index contributed by atoms with van der Waals surface area (Å²) in [6.45, 7) is 0. The van der Waals surface area contributed by atoms with Gasteiger partial charge in [-0.1, -0.05) is 18.2 Å². The molecule has 0 aliphatic heterocycles. The van der Waals surface area contributed by atoms with Crippen LogP contribution in [0.3, 0.4) is 0 Å². The molecule has 0 aliphatic rings. The number of nitrogens with zero attached hydrogens (tertiary/aromatic N) is 1. The van der Waals surface area contributed by atoms with E-state index in [9.17, 15) is 0 Å². The number of nitrogens with one attached hydrogen (secondary N) is 1. The van der Waals surface area contributed by atoms with Crippen molar-refractivity contribution in [2.45, 2.75) is 0 Å². The van der Waals surface area contributed by atoms with Gasteiger partial charge < -0.3 is 5.41 Å². The summed E-state index contributed by atoms with van der Waals surface area (Å²) in [5, 5.41) is 7.16. The van der Waals surface area contributed by atoms with Crippen LogP contribution in [0.1, 0.15) is 5.56 Å². The SMILES string of the molecule is CSCC=Nc1ccccc1C=N. The first-order chi connectivity index (χ1) is 6.38. The van der Waals surface area contributed by atoms with Crippen LogP contribution in [-0.2, 0) is 0 Å². The number of para-hydroxylation sites is 1. The van der Waals surface area contributed by atoms with E-state index in [4.69, 9.17) is 5.41 Å². The molecule has 0 fully saturated rings. The lowest BCUT2D eigenvalue weighted by molar-refractivity contribution is 1.48. The standard InChI is InChI=1S/C10H12N2S/c1-13-7-6-12-10-5-3-2-4-9(10)8-11/h2-6,8,11H,7H2,1H3. The van der Waals surface area contributed by atoms with E-state index in [1.807, 2.05) is 36.7 Å². The van der Waals surface area contributed by atoms with Crippen molar-refractivity contribution in [3.8, 4) is 0 Å². The Kier molecular flexibility index (Phi) is 4.26. The minimum Gasteiger partial charge on any atom is -0.308 e. The molecule has 68 valence electrons. The lowest BCUT2D eigenvalue weighted by Gasteiger charge is -1.97. The van der Waals surface area contributed by atoms with Crippen molar-refractivity contribution in [2.24, 2.45) is 4.99 Å². The number of thioether (sulfide) groups is 1.